The molecule has 0 aliphatic rings. The van der Waals surface area contributed by atoms with Gasteiger partial charge in [-0.15, -0.1) is 0 Å². The van der Waals surface area contributed by atoms with Gasteiger partial charge in [0.15, 0.2) is 12.4 Å². The lowest BCUT2D eigenvalue weighted by molar-refractivity contribution is -0.142. The summed E-state index contributed by atoms with van der Waals surface area (Å²) in [6.07, 6.45) is 1.62. The van der Waals surface area contributed by atoms with Gasteiger partial charge in [-0.2, -0.15) is 5.26 Å². The highest BCUT2D eigenvalue weighted by atomic mass is 35.5. The summed E-state index contributed by atoms with van der Waals surface area (Å²) in [6, 6.07) is 11.1. The van der Waals surface area contributed by atoms with E-state index in [2.05, 4.69) is 20.8 Å². The van der Waals surface area contributed by atoms with Crippen LogP contribution in [0.1, 0.15) is 17.0 Å². The smallest absolute Gasteiger partial charge is 0.343 e. The number of nitrogens with one attached hydrogen (secondary N) is 1. The van der Waals surface area contributed by atoms with Crippen LogP contribution in [0.2, 0.25) is 10.0 Å². The minimum absolute atomic E-state index is 0.170. The van der Waals surface area contributed by atoms with E-state index in [-0.39, 0.29) is 22.4 Å². The molecule has 0 unspecified atom stereocenters. The van der Waals surface area contributed by atoms with Crippen molar-refractivity contribution in [2.45, 2.75) is 6.92 Å². The number of nitriles is 1. The van der Waals surface area contributed by atoms with Crippen LogP contribution in [-0.4, -0.2) is 29.7 Å². The molecule has 0 fully saturated rings. The number of benzene rings is 2. The lowest BCUT2D eigenvalue weighted by Gasteiger charge is -2.10. The minimum Gasteiger partial charge on any atom is -0.479 e. The van der Waals surface area contributed by atoms with Crippen LogP contribution in [0.3, 0.4) is 0 Å². The van der Waals surface area contributed by atoms with E-state index in [0.29, 0.717) is 17.0 Å². The second kappa shape index (κ2) is 8.34. The number of hydrogen-bond donors (Lipinski definition) is 1. The Morgan fingerprint density at radius 3 is 2.64 bits per heavy atom. The van der Waals surface area contributed by atoms with Gasteiger partial charge in [-0.3, -0.25) is 0 Å². The molecule has 0 bridgehead atoms. The molecule has 1 N–H and O–H groups in total. The molecular formula is C20H15Cl2N3O3. The van der Waals surface area contributed by atoms with Gasteiger partial charge < -0.3 is 14.5 Å². The Bertz CT molecular complexity index is 1110. The molecule has 0 spiro atoms. The van der Waals surface area contributed by atoms with Crippen LogP contribution < -0.4 is 4.74 Å². The van der Waals surface area contributed by atoms with Crippen molar-refractivity contribution in [1.82, 2.24) is 9.97 Å². The van der Waals surface area contributed by atoms with Gasteiger partial charge in [0.05, 0.1) is 33.8 Å². The Balaban J connectivity index is 1.93. The first-order chi connectivity index (χ1) is 13.4. The second-order valence-electron chi connectivity index (χ2n) is 5.95. The Hall–Kier alpha value is -3.01. The summed E-state index contributed by atoms with van der Waals surface area (Å²) in [6.45, 7) is 1.67. The van der Waals surface area contributed by atoms with Crippen LogP contribution in [0.15, 0.2) is 30.3 Å². The van der Waals surface area contributed by atoms with Crippen LogP contribution in [0.25, 0.3) is 22.7 Å². The number of aromatic amines is 1. The Morgan fingerprint density at radius 1 is 1.29 bits per heavy atom. The number of halogens is 2. The van der Waals surface area contributed by atoms with Gasteiger partial charge in [-0.05, 0) is 48.4 Å². The molecule has 6 nitrogen and oxygen atoms in total. The van der Waals surface area contributed by atoms with Gasteiger partial charge in [0.25, 0.3) is 0 Å². The number of H-pyrrole nitrogens is 1. The highest BCUT2D eigenvalue weighted by Crippen LogP contribution is 2.35. The summed E-state index contributed by atoms with van der Waals surface area (Å²) in [5, 5.41) is 9.98. The third kappa shape index (κ3) is 4.28. The zero-order valence-electron chi connectivity index (χ0n) is 15.0. The fraction of sp³-hybridized carbons (Fsp3) is 0.150. The monoisotopic (exact) mass is 415 g/mol. The van der Waals surface area contributed by atoms with Gasteiger partial charge in [0.1, 0.15) is 11.9 Å². The van der Waals surface area contributed by atoms with Crippen LogP contribution in [0.4, 0.5) is 0 Å². The maximum atomic E-state index is 11.2. The van der Waals surface area contributed by atoms with Gasteiger partial charge in [-0.25, -0.2) is 9.78 Å². The van der Waals surface area contributed by atoms with Crippen molar-refractivity contribution in [1.29, 1.82) is 5.26 Å². The third-order valence-electron chi connectivity index (χ3n) is 3.91. The van der Waals surface area contributed by atoms with Crippen molar-refractivity contribution in [2.24, 2.45) is 0 Å². The zero-order chi connectivity index (χ0) is 20.3. The topological polar surface area (TPSA) is 88.0 Å². The number of ether oxygens (including phenoxy) is 2. The van der Waals surface area contributed by atoms with Gasteiger partial charge in [-0.1, -0.05) is 29.3 Å². The molecule has 0 saturated carbocycles. The molecule has 0 amide bonds. The number of allylic oxidation sites excluding steroid dienone is 1. The first-order valence-electron chi connectivity index (χ1n) is 8.18. The molecule has 28 heavy (non-hydrogen) atoms. The summed E-state index contributed by atoms with van der Waals surface area (Å²) >= 11 is 12.4. The summed E-state index contributed by atoms with van der Waals surface area (Å²) in [7, 11) is 1.26. The predicted molar refractivity (Wildman–Crippen MR) is 108 cm³/mol. The number of carbonyl (C=O) groups excluding carboxylic acids is 1. The average molecular weight is 416 g/mol. The third-order valence-corrected chi connectivity index (χ3v) is 4.47. The number of imidazole rings is 1. The summed E-state index contributed by atoms with van der Waals surface area (Å²) < 4.78 is 9.82. The first-order valence-corrected chi connectivity index (χ1v) is 8.94. The van der Waals surface area contributed by atoms with Crippen molar-refractivity contribution in [2.75, 3.05) is 13.7 Å². The minimum atomic E-state index is -0.553. The van der Waals surface area contributed by atoms with Crippen molar-refractivity contribution >= 4 is 51.9 Å². The molecule has 2 aromatic carbocycles. The van der Waals surface area contributed by atoms with Crippen LogP contribution >= 0.6 is 23.2 Å². The molecule has 3 rings (SSSR count). The number of hydrogen-bond acceptors (Lipinski definition) is 5. The number of aryl methyl sites for hydroxylation is 1. The highest BCUT2D eigenvalue weighted by Gasteiger charge is 2.13. The standard InChI is InChI=1S/C20H15Cl2N3O3/c1-11-3-4-16-17(5-11)25-20(24-16)13(9-23)6-12-7-14(21)19(15(22)8-12)28-10-18(26)27-2/h3-8H,10H2,1-2H3,(H,24,25)/b13-6-. The van der Waals surface area contributed by atoms with Crippen LogP contribution in [0, 0.1) is 18.3 Å². The lowest BCUT2D eigenvalue weighted by atomic mass is 10.1. The van der Waals surface area contributed by atoms with E-state index in [0.717, 1.165) is 16.6 Å². The van der Waals surface area contributed by atoms with E-state index in [1.807, 2.05) is 25.1 Å². The van der Waals surface area contributed by atoms with Crippen LogP contribution in [-0.2, 0) is 9.53 Å². The molecule has 0 atom stereocenters. The van der Waals surface area contributed by atoms with E-state index < -0.39 is 5.97 Å². The van der Waals surface area contributed by atoms with Gasteiger partial charge in [0.2, 0.25) is 0 Å². The van der Waals surface area contributed by atoms with Crippen LogP contribution in [0.5, 0.6) is 5.75 Å². The lowest BCUT2D eigenvalue weighted by Crippen LogP contribution is -2.12. The maximum absolute atomic E-state index is 11.2. The number of nitrogens with zero attached hydrogens (tertiary/aromatic N) is 2. The molecule has 1 heterocycles. The number of rotatable bonds is 5. The predicted octanol–water partition coefficient (Wildman–Crippen LogP) is 4.79. The molecular weight excluding hydrogens is 401 g/mol. The summed E-state index contributed by atoms with van der Waals surface area (Å²) in [5.41, 5.74) is 3.62. The van der Waals surface area contributed by atoms with E-state index >= 15 is 0 Å². The molecule has 0 aliphatic heterocycles. The average Bonchev–Trinajstić information content (AvgIpc) is 3.08. The van der Waals surface area contributed by atoms with Gasteiger partial charge >= 0.3 is 5.97 Å². The molecule has 0 aliphatic carbocycles. The molecule has 0 radical (unpaired) electrons. The molecule has 0 saturated heterocycles. The highest BCUT2D eigenvalue weighted by molar-refractivity contribution is 6.37. The largest absolute Gasteiger partial charge is 0.479 e. The van der Waals surface area contributed by atoms with Crippen molar-refractivity contribution in [3.05, 3.63) is 57.3 Å². The Labute approximate surface area is 171 Å². The van der Waals surface area contributed by atoms with Gasteiger partial charge in [0, 0.05) is 0 Å². The number of aromatic nitrogens is 2. The Morgan fingerprint density at radius 2 is 2.00 bits per heavy atom. The molecule has 1 aromatic heterocycles. The quantitative estimate of drug-likeness (QED) is 0.477. The Kier molecular flexibility index (Phi) is 5.88. The fourth-order valence-corrected chi connectivity index (χ4v) is 3.18. The summed E-state index contributed by atoms with van der Waals surface area (Å²) in [4.78, 5) is 18.8. The number of esters is 1. The zero-order valence-corrected chi connectivity index (χ0v) is 16.6. The maximum Gasteiger partial charge on any atom is 0.343 e. The normalized spacial score (nSPS) is 11.3. The molecule has 8 heteroatoms. The van der Waals surface area contributed by atoms with E-state index in [9.17, 15) is 10.1 Å². The first kappa shape index (κ1) is 19.7. The van der Waals surface area contributed by atoms with Crippen molar-refractivity contribution < 1.29 is 14.3 Å². The molecule has 3 aromatic rings. The fourth-order valence-electron chi connectivity index (χ4n) is 2.56. The number of fused-ring (bicyclic) bond motifs is 1. The van der Waals surface area contributed by atoms with E-state index in [4.69, 9.17) is 27.9 Å². The SMILES string of the molecule is COC(=O)COc1c(Cl)cc(/C=C(/C#N)c2nc3ccc(C)cc3[nH]2)cc1Cl. The molecule has 142 valence electrons. The van der Waals surface area contributed by atoms with E-state index in [1.54, 1.807) is 18.2 Å². The van der Waals surface area contributed by atoms with Crippen molar-refractivity contribution in [3.8, 4) is 11.8 Å². The number of carbonyl (C=O) groups is 1. The van der Waals surface area contributed by atoms with E-state index in [1.165, 1.54) is 7.11 Å². The van der Waals surface area contributed by atoms with Crippen molar-refractivity contribution in [3.63, 3.8) is 0 Å². The second-order valence-corrected chi connectivity index (χ2v) is 6.77. The summed E-state index contributed by atoms with van der Waals surface area (Å²) in [5.74, 6) is 0.0629. The number of methoxy groups -OCH3 is 1.